The van der Waals surface area contributed by atoms with Gasteiger partial charge in [0, 0.05) is 0 Å². The minimum atomic E-state index is -0.574. The quantitative estimate of drug-likeness (QED) is 0.0456. The summed E-state index contributed by atoms with van der Waals surface area (Å²) in [5, 5.41) is 9.22. The van der Waals surface area contributed by atoms with E-state index in [0.29, 0.717) is 5.75 Å². The summed E-state index contributed by atoms with van der Waals surface area (Å²) in [7, 11) is -0.269. The molecule has 0 aromatic heterocycles. The molecule has 0 heterocycles. The van der Waals surface area contributed by atoms with Crippen molar-refractivity contribution in [2.24, 2.45) is 0 Å². The monoisotopic (exact) mass is 664 g/mol. The first-order chi connectivity index (χ1) is 18.6. The number of thiol groups is 1. The molecule has 0 aliphatic heterocycles. The van der Waals surface area contributed by atoms with Crippen LogP contribution in [0.1, 0.15) is 182 Å². The molecule has 0 spiro atoms. The molecule has 0 aromatic rings. The summed E-state index contributed by atoms with van der Waals surface area (Å²) in [4.78, 5) is 11.2. The van der Waals surface area contributed by atoms with Crippen molar-refractivity contribution in [2.45, 2.75) is 191 Å². The molecule has 38 heavy (non-hydrogen) atoms. The molecule has 2 radical (unpaired) electrons. The van der Waals surface area contributed by atoms with Crippen LogP contribution in [0, 0.1) is 0 Å². The van der Waals surface area contributed by atoms with E-state index >= 15 is 0 Å². The van der Waals surface area contributed by atoms with Gasteiger partial charge in [-0.25, -0.2) is 10.9 Å². The molecule has 0 aliphatic carbocycles. The van der Waals surface area contributed by atoms with Crippen LogP contribution < -0.4 is 0 Å². The van der Waals surface area contributed by atoms with Crippen molar-refractivity contribution >= 4 is 38.0 Å². The van der Waals surface area contributed by atoms with Crippen LogP contribution >= 0.6 is 10.9 Å². The van der Waals surface area contributed by atoms with Crippen molar-refractivity contribution in [1.82, 2.24) is 0 Å². The molecule has 0 bridgehead atoms. The molecule has 0 saturated heterocycles. The molecule has 2 nitrogen and oxygen atoms in total. The zero-order chi connectivity index (χ0) is 28.4. The number of carboxylic acid groups (broad SMARTS) is 1. The van der Waals surface area contributed by atoms with E-state index in [9.17, 15) is 9.90 Å². The number of unbranched alkanes of at least 4 members (excludes halogenated alkanes) is 20. The summed E-state index contributed by atoms with van der Waals surface area (Å²) >= 11 is 0.149. The second kappa shape index (κ2) is 37.6. The number of carboxylic acids is 1. The van der Waals surface area contributed by atoms with Gasteiger partial charge in [-0.15, -0.1) is 0 Å². The Morgan fingerprint density at radius 2 is 0.763 bits per heavy atom. The van der Waals surface area contributed by atoms with Crippen molar-refractivity contribution in [3.8, 4) is 0 Å². The fourth-order valence-corrected chi connectivity index (χ4v) is 11.3. The first kappa shape index (κ1) is 40.8. The summed E-state index contributed by atoms with van der Waals surface area (Å²) in [6, 6.07) is 0. The van der Waals surface area contributed by atoms with Crippen LogP contribution in [0.4, 0.5) is 0 Å². The van der Waals surface area contributed by atoms with Crippen molar-refractivity contribution in [3.05, 3.63) is 0 Å². The molecular formula is C34H72O2SSn. The van der Waals surface area contributed by atoms with Crippen LogP contribution in [0.2, 0.25) is 8.87 Å². The third-order valence-electron chi connectivity index (χ3n) is 7.43. The Balaban J connectivity index is 0. The molecule has 230 valence electrons. The van der Waals surface area contributed by atoms with Crippen LogP contribution in [0.5, 0.6) is 0 Å². The van der Waals surface area contributed by atoms with Crippen molar-refractivity contribution in [3.63, 3.8) is 0 Å². The number of aliphatic carboxylic acids is 1. The van der Waals surface area contributed by atoms with Gasteiger partial charge in [0.15, 0.2) is 0 Å². The maximum atomic E-state index is 11.2. The molecule has 4 heteroatoms. The SMILES string of the molecule is CCCCCCCCCCCC[SH](CCCCCCCCCCCC)CC(=O)O.CCC[CH2][Sn][CH2]CCC. The van der Waals surface area contributed by atoms with Crippen LogP contribution in [-0.4, -0.2) is 49.5 Å². The van der Waals surface area contributed by atoms with E-state index in [1.807, 2.05) is 0 Å². The summed E-state index contributed by atoms with van der Waals surface area (Å²) in [6.07, 6.45) is 33.1. The fourth-order valence-electron chi connectivity index (χ4n) is 4.84. The van der Waals surface area contributed by atoms with E-state index in [-0.39, 0.29) is 32.0 Å². The number of carbonyl (C=O) groups is 1. The minimum absolute atomic E-state index is 0.149. The molecule has 0 unspecified atom stereocenters. The van der Waals surface area contributed by atoms with E-state index < -0.39 is 5.97 Å². The zero-order valence-corrected chi connectivity index (χ0v) is 30.6. The molecule has 0 saturated carbocycles. The number of rotatable bonds is 30. The van der Waals surface area contributed by atoms with E-state index in [2.05, 4.69) is 27.7 Å². The Morgan fingerprint density at radius 1 is 0.474 bits per heavy atom. The first-order valence-corrected chi connectivity index (χ1v) is 23.2. The molecule has 0 fully saturated rings. The number of hydrogen-bond donors (Lipinski definition) is 2. The van der Waals surface area contributed by atoms with Crippen LogP contribution in [0.25, 0.3) is 0 Å². The fraction of sp³-hybridized carbons (Fsp3) is 0.971. The Hall–Kier alpha value is 0.619. The van der Waals surface area contributed by atoms with Gasteiger partial charge in [0.25, 0.3) is 0 Å². The standard InChI is InChI=1S/C26H54O2S.2C4H9.Sn/c1-3-5-7-9-11-13-15-17-19-21-23-29(25-26(27)28)24-22-20-18-16-14-12-10-8-6-4-2;2*1-3-4-2;/h29H,3-25H2,1-2H3,(H,27,28);2*1,3-4H2,2H3;. The Bertz CT molecular complexity index is 403. The average Bonchev–Trinajstić information content (AvgIpc) is 2.90. The number of hydrogen-bond acceptors (Lipinski definition) is 1. The van der Waals surface area contributed by atoms with Gasteiger partial charge in [0.05, 0.1) is 5.75 Å². The predicted molar refractivity (Wildman–Crippen MR) is 180 cm³/mol. The maximum absolute atomic E-state index is 11.2. The van der Waals surface area contributed by atoms with Gasteiger partial charge in [-0.1, -0.05) is 129 Å². The van der Waals surface area contributed by atoms with Gasteiger partial charge in [-0.2, -0.15) is 0 Å². The predicted octanol–water partition coefficient (Wildman–Crippen LogP) is 12.0. The molecule has 0 aliphatic rings. The Labute approximate surface area is 254 Å². The topological polar surface area (TPSA) is 37.3 Å². The van der Waals surface area contributed by atoms with Gasteiger partial charge >= 0.3 is 75.5 Å². The molecule has 1 N–H and O–H groups in total. The summed E-state index contributed by atoms with van der Waals surface area (Å²) in [5.41, 5.74) is 0. The van der Waals surface area contributed by atoms with Crippen molar-refractivity contribution in [1.29, 1.82) is 0 Å². The van der Waals surface area contributed by atoms with Crippen molar-refractivity contribution < 1.29 is 9.90 Å². The van der Waals surface area contributed by atoms with Crippen LogP contribution in [0.15, 0.2) is 0 Å². The van der Waals surface area contributed by atoms with Gasteiger partial charge in [-0.05, 0) is 24.3 Å². The summed E-state index contributed by atoms with van der Waals surface area (Å²) < 4.78 is 3.25. The average molecular weight is 664 g/mol. The van der Waals surface area contributed by atoms with Crippen molar-refractivity contribution in [2.75, 3.05) is 17.3 Å². The summed E-state index contributed by atoms with van der Waals surface area (Å²) in [6.45, 7) is 9.13. The van der Waals surface area contributed by atoms with Gasteiger partial charge in [-0.3, -0.25) is 4.79 Å². The van der Waals surface area contributed by atoms with Gasteiger partial charge in [0.1, 0.15) is 0 Å². The van der Waals surface area contributed by atoms with E-state index in [1.165, 1.54) is 166 Å². The third-order valence-corrected chi connectivity index (χ3v) is 14.1. The van der Waals surface area contributed by atoms with Gasteiger partial charge in [0.2, 0.25) is 0 Å². The molecule has 0 rings (SSSR count). The second-order valence-electron chi connectivity index (χ2n) is 11.5. The molecule has 0 aromatic carbocycles. The third kappa shape index (κ3) is 38.8. The van der Waals surface area contributed by atoms with E-state index in [4.69, 9.17) is 0 Å². The Morgan fingerprint density at radius 3 is 1.05 bits per heavy atom. The molecular weight excluding hydrogens is 591 g/mol. The second-order valence-corrected chi connectivity index (χ2v) is 18.3. The van der Waals surface area contributed by atoms with E-state index in [0.717, 1.165) is 0 Å². The molecule has 0 atom stereocenters. The van der Waals surface area contributed by atoms with E-state index in [1.54, 1.807) is 8.87 Å². The molecule has 0 amide bonds. The van der Waals surface area contributed by atoms with Crippen LogP contribution in [-0.2, 0) is 4.79 Å². The van der Waals surface area contributed by atoms with Crippen LogP contribution in [0.3, 0.4) is 0 Å². The summed E-state index contributed by atoms with van der Waals surface area (Å²) in [5.74, 6) is 2.25. The zero-order valence-electron chi connectivity index (χ0n) is 26.8. The van der Waals surface area contributed by atoms with Gasteiger partial charge < -0.3 is 5.11 Å². The first-order valence-electron chi connectivity index (χ1n) is 17.3. The normalized spacial score (nSPS) is 11.3. The Kier molecular flexibility index (Phi) is 40.3.